The molecule has 0 fully saturated rings. The van der Waals surface area contributed by atoms with Gasteiger partial charge in [-0.25, -0.2) is 0 Å². The molecule has 0 unspecified atom stereocenters. The van der Waals surface area contributed by atoms with Crippen LogP contribution in [-0.2, 0) is 0 Å². The number of hydrogen-bond acceptors (Lipinski definition) is 3. The van der Waals surface area contributed by atoms with Crippen LogP contribution in [0, 0.1) is 11.3 Å². The summed E-state index contributed by atoms with van der Waals surface area (Å²) in [7, 11) is 1.99. The highest BCUT2D eigenvalue weighted by atomic mass is 16.1. The Morgan fingerprint density at radius 2 is 1.76 bits per heavy atom. The topological polar surface area (TPSA) is 44.1 Å². The Morgan fingerprint density at radius 1 is 1.10 bits per heavy atom. The van der Waals surface area contributed by atoms with Crippen molar-refractivity contribution in [2.45, 2.75) is 12.8 Å². The van der Waals surface area contributed by atoms with Crippen LogP contribution in [0.4, 0.5) is 5.69 Å². The highest BCUT2D eigenvalue weighted by Crippen LogP contribution is 2.14. The lowest BCUT2D eigenvalue weighted by atomic mass is 10.1. The summed E-state index contributed by atoms with van der Waals surface area (Å²) in [5.74, 6) is 0.184. The molecule has 0 aromatic heterocycles. The van der Waals surface area contributed by atoms with Crippen molar-refractivity contribution in [3.8, 4) is 6.07 Å². The van der Waals surface area contributed by atoms with Crippen molar-refractivity contribution in [2.75, 3.05) is 18.5 Å². The van der Waals surface area contributed by atoms with Gasteiger partial charge in [0.05, 0.1) is 11.6 Å². The van der Waals surface area contributed by atoms with E-state index in [-0.39, 0.29) is 5.78 Å². The average Bonchev–Trinajstić information content (AvgIpc) is 2.55. The van der Waals surface area contributed by atoms with Gasteiger partial charge in [-0.1, -0.05) is 30.3 Å². The summed E-state index contributed by atoms with van der Waals surface area (Å²) in [6, 6.07) is 19.0. The molecule has 106 valence electrons. The second-order valence-electron chi connectivity index (χ2n) is 4.97. The van der Waals surface area contributed by atoms with Gasteiger partial charge in [0.1, 0.15) is 0 Å². The quantitative estimate of drug-likeness (QED) is 0.757. The molecule has 0 amide bonds. The van der Waals surface area contributed by atoms with Gasteiger partial charge in [-0.2, -0.15) is 5.26 Å². The van der Waals surface area contributed by atoms with Gasteiger partial charge >= 0.3 is 0 Å². The highest BCUT2D eigenvalue weighted by Gasteiger charge is 2.06. The van der Waals surface area contributed by atoms with E-state index in [0.29, 0.717) is 12.0 Å². The van der Waals surface area contributed by atoms with Gasteiger partial charge in [-0.05, 0) is 30.7 Å². The molecule has 0 bridgehead atoms. The minimum absolute atomic E-state index is 0.184. The number of ketones is 1. The lowest BCUT2D eigenvalue weighted by Crippen LogP contribution is -2.19. The summed E-state index contributed by atoms with van der Waals surface area (Å²) in [4.78, 5) is 14.1. The third-order valence-corrected chi connectivity index (χ3v) is 3.43. The van der Waals surface area contributed by atoms with Crippen molar-refractivity contribution >= 4 is 11.5 Å². The zero-order valence-electron chi connectivity index (χ0n) is 12.1. The smallest absolute Gasteiger partial charge is 0.162 e. The highest BCUT2D eigenvalue weighted by molar-refractivity contribution is 5.95. The van der Waals surface area contributed by atoms with Crippen molar-refractivity contribution in [3.63, 3.8) is 0 Å². The van der Waals surface area contributed by atoms with Crippen LogP contribution >= 0.6 is 0 Å². The van der Waals surface area contributed by atoms with Gasteiger partial charge in [0, 0.05) is 31.3 Å². The van der Waals surface area contributed by atoms with Crippen LogP contribution in [0.5, 0.6) is 0 Å². The Labute approximate surface area is 125 Å². The predicted molar refractivity (Wildman–Crippen MR) is 84.4 cm³/mol. The number of nitrogens with zero attached hydrogens (tertiary/aromatic N) is 2. The molecule has 0 aliphatic heterocycles. The van der Waals surface area contributed by atoms with Gasteiger partial charge in [0.2, 0.25) is 0 Å². The molecule has 0 saturated heterocycles. The van der Waals surface area contributed by atoms with Gasteiger partial charge in [0.25, 0.3) is 0 Å². The average molecular weight is 278 g/mol. The maximum absolute atomic E-state index is 12.0. The molecule has 0 radical (unpaired) electrons. The first-order chi connectivity index (χ1) is 10.2. The Kier molecular flexibility index (Phi) is 5.11. The van der Waals surface area contributed by atoms with E-state index in [2.05, 4.69) is 11.0 Å². The number of Topliss-reactive ketones (excluding diaryl/α,β-unsaturated/α-hetero) is 1. The predicted octanol–water partition coefficient (Wildman–Crippen LogP) is 3.66. The lowest BCUT2D eigenvalue weighted by Gasteiger charge is -2.19. The van der Waals surface area contributed by atoms with Gasteiger partial charge in [-0.15, -0.1) is 0 Å². The second kappa shape index (κ2) is 7.25. The fourth-order valence-corrected chi connectivity index (χ4v) is 2.16. The molecule has 0 spiro atoms. The first-order valence-corrected chi connectivity index (χ1v) is 7.00. The second-order valence-corrected chi connectivity index (χ2v) is 4.97. The van der Waals surface area contributed by atoms with Gasteiger partial charge in [-0.3, -0.25) is 4.79 Å². The van der Waals surface area contributed by atoms with Gasteiger partial charge < -0.3 is 4.90 Å². The van der Waals surface area contributed by atoms with Crippen LogP contribution in [0.3, 0.4) is 0 Å². The van der Waals surface area contributed by atoms with Crippen molar-refractivity contribution in [1.82, 2.24) is 0 Å². The zero-order valence-corrected chi connectivity index (χ0v) is 12.1. The van der Waals surface area contributed by atoms with Crippen LogP contribution in [0.15, 0.2) is 54.6 Å². The van der Waals surface area contributed by atoms with Gasteiger partial charge in [0.15, 0.2) is 5.78 Å². The fraction of sp³-hybridized carbons (Fsp3) is 0.222. The van der Waals surface area contributed by atoms with E-state index in [1.165, 1.54) is 0 Å². The van der Waals surface area contributed by atoms with Crippen molar-refractivity contribution in [3.05, 3.63) is 65.7 Å². The maximum Gasteiger partial charge on any atom is 0.162 e. The molecule has 0 N–H and O–H groups in total. The molecule has 2 aromatic rings. The van der Waals surface area contributed by atoms with Crippen molar-refractivity contribution in [1.29, 1.82) is 5.26 Å². The first kappa shape index (κ1) is 14.8. The minimum atomic E-state index is 0.184. The van der Waals surface area contributed by atoms with E-state index >= 15 is 0 Å². The largest absolute Gasteiger partial charge is 0.375 e. The number of rotatable bonds is 6. The van der Waals surface area contributed by atoms with E-state index in [0.717, 1.165) is 24.2 Å². The van der Waals surface area contributed by atoms with Crippen LogP contribution < -0.4 is 4.90 Å². The normalized spacial score (nSPS) is 9.90. The van der Waals surface area contributed by atoms with E-state index in [4.69, 9.17) is 5.26 Å². The third-order valence-electron chi connectivity index (χ3n) is 3.43. The van der Waals surface area contributed by atoms with E-state index in [1.54, 1.807) is 12.1 Å². The van der Waals surface area contributed by atoms with Crippen LogP contribution in [0.2, 0.25) is 0 Å². The molecule has 21 heavy (non-hydrogen) atoms. The van der Waals surface area contributed by atoms with Crippen LogP contribution in [0.1, 0.15) is 28.8 Å². The Bertz CT molecular complexity index is 627. The minimum Gasteiger partial charge on any atom is -0.375 e. The molecule has 2 rings (SSSR count). The van der Waals surface area contributed by atoms with Crippen molar-refractivity contribution < 1.29 is 4.79 Å². The number of benzene rings is 2. The number of nitriles is 1. The SMILES string of the molecule is CN(CCCC(=O)c1ccccc1)c1ccc(C#N)cc1. The standard InChI is InChI=1S/C18H18N2O/c1-20(17-11-9-15(14-19)10-12-17)13-5-8-18(21)16-6-3-2-4-7-16/h2-4,6-7,9-12H,5,8,13H2,1H3. The Hall–Kier alpha value is -2.60. The summed E-state index contributed by atoms with van der Waals surface area (Å²) >= 11 is 0. The molecule has 3 nitrogen and oxygen atoms in total. The van der Waals surface area contributed by atoms with Crippen LogP contribution in [-0.4, -0.2) is 19.4 Å². The van der Waals surface area contributed by atoms with E-state index in [9.17, 15) is 4.79 Å². The number of carbonyl (C=O) groups excluding carboxylic acids is 1. The monoisotopic (exact) mass is 278 g/mol. The molecule has 0 aliphatic carbocycles. The number of hydrogen-bond donors (Lipinski definition) is 0. The molecular formula is C18H18N2O. The zero-order chi connectivity index (χ0) is 15.1. The molecule has 0 atom stereocenters. The maximum atomic E-state index is 12.0. The Morgan fingerprint density at radius 3 is 2.38 bits per heavy atom. The summed E-state index contributed by atoms with van der Waals surface area (Å²) in [6.07, 6.45) is 1.36. The summed E-state index contributed by atoms with van der Waals surface area (Å²) in [6.45, 7) is 0.810. The number of anilines is 1. The molecule has 3 heteroatoms. The molecule has 0 aliphatic rings. The fourth-order valence-electron chi connectivity index (χ4n) is 2.16. The van der Waals surface area contributed by atoms with E-state index < -0.39 is 0 Å². The number of carbonyl (C=O) groups is 1. The summed E-state index contributed by atoms with van der Waals surface area (Å²) in [5.41, 5.74) is 2.49. The first-order valence-electron chi connectivity index (χ1n) is 7.00. The Balaban J connectivity index is 1.82. The lowest BCUT2D eigenvalue weighted by molar-refractivity contribution is 0.0981. The molecule has 0 saturated carbocycles. The van der Waals surface area contributed by atoms with Crippen LogP contribution in [0.25, 0.3) is 0 Å². The molecular weight excluding hydrogens is 260 g/mol. The molecule has 0 heterocycles. The third kappa shape index (κ3) is 4.19. The summed E-state index contributed by atoms with van der Waals surface area (Å²) < 4.78 is 0. The van der Waals surface area contributed by atoms with Crippen molar-refractivity contribution in [2.24, 2.45) is 0 Å². The summed E-state index contributed by atoms with van der Waals surface area (Å²) in [5, 5.41) is 8.78. The molecule has 2 aromatic carbocycles. The van der Waals surface area contributed by atoms with E-state index in [1.807, 2.05) is 49.5 Å².